The molecule has 0 saturated carbocycles. The lowest BCUT2D eigenvalue weighted by Gasteiger charge is -2.12. The zero-order valence-electron chi connectivity index (χ0n) is 11.0. The highest BCUT2D eigenvalue weighted by Crippen LogP contribution is 2.10. The summed E-state index contributed by atoms with van der Waals surface area (Å²) in [6.07, 6.45) is 0. The van der Waals surface area contributed by atoms with Crippen LogP contribution < -0.4 is 5.32 Å². The van der Waals surface area contributed by atoms with Gasteiger partial charge in [-0.2, -0.15) is 0 Å². The molecule has 0 atom stereocenters. The number of sulfonamides is 1. The Morgan fingerprint density at radius 3 is 2.58 bits per heavy atom. The van der Waals surface area contributed by atoms with Crippen molar-refractivity contribution < 1.29 is 18.3 Å². The van der Waals surface area contributed by atoms with Crippen molar-refractivity contribution in [1.82, 2.24) is 9.29 Å². The Bertz CT molecular complexity index is 569. The maximum atomic E-state index is 11.5. The number of aryl methyl sites for hydroxylation is 1. The lowest BCUT2D eigenvalue weighted by molar-refractivity contribution is 0.0696. The number of aromatic carboxylic acids is 1. The van der Waals surface area contributed by atoms with E-state index in [9.17, 15) is 13.2 Å². The average molecular weight is 287 g/mol. The van der Waals surface area contributed by atoms with E-state index < -0.39 is 16.0 Å². The Morgan fingerprint density at radius 2 is 2.05 bits per heavy atom. The first-order chi connectivity index (χ1) is 8.72. The molecule has 0 amide bonds. The fraction of sp³-hybridized carbons (Fsp3) is 0.455. The standard InChI is InChI=1S/C11H17N3O4S/c1-8-6-9(11(15)16)7-10(13-8)12-4-5-19(17,18)14(2)3/h6-7H,4-5H2,1-3H3,(H,12,13)(H,15,16). The van der Waals surface area contributed by atoms with Crippen molar-refractivity contribution in [3.63, 3.8) is 0 Å². The van der Waals surface area contributed by atoms with Crippen molar-refractivity contribution in [3.8, 4) is 0 Å². The minimum Gasteiger partial charge on any atom is -0.478 e. The molecule has 0 unspecified atom stereocenters. The van der Waals surface area contributed by atoms with Gasteiger partial charge in [0.1, 0.15) is 5.82 Å². The second-order valence-corrected chi connectivity index (χ2v) is 6.52. The summed E-state index contributed by atoms with van der Waals surface area (Å²) in [6.45, 7) is 1.84. The summed E-state index contributed by atoms with van der Waals surface area (Å²) < 4.78 is 24.2. The number of rotatable bonds is 6. The molecule has 1 aromatic heterocycles. The maximum Gasteiger partial charge on any atom is 0.335 e. The molecule has 0 saturated heterocycles. The third-order valence-electron chi connectivity index (χ3n) is 2.42. The molecule has 19 heavy (non-hydrogen) atoms. The maximum absolute atomic E-state index is 11.5. The van der Waals surface area contributed by atoms with Crippen molar-refractivity contribution >= 4 is 21.8 Å². The third kappa shape index (κ3) is 4.49. The van der Waals surface area contributed by atoms with Gasteiger partial charge < -0.3 is 10.4 Å². The largest absolute Gasteiger partial charge is 0.478 e. The molecule has 0 fully saturated rings. The summed E-state index contributed by atoms with van der Waals surface area (Å²) in [5.74, 6) is -0.779. The molecule has 0 aromatic carbocycles. The van der Waals surface area contributed by atoms with E-state index >= 15 is 0 Å². The molecule has 0 aliphatic carbocycles. The minimum absolute atomic E-state index is 0.0853. The molecule has 0 spiro atoms. The predicted octanol–water partition coefficient (Wildman–Crippen LogP) is 0.392. The Hall–Kier alpha value is -1.67. The predicted molar refractivity (Wildman–Crippen MR) is 71.9 cm³/mol. The first-order valence-electron chi connectivity index (χ1n) is 5.58. The molecule has 0 aliphatic heterocycles. The Labute approximate surface area is 112 Å². The molecule has 1 aromatic rings. The number of hydrogen-bond donors (Lipinski definition) is 2. The van der Waals surface area contributed by atoms with Crippen LogP contribution in [0.25, 0.3) is 0 Å². The van der Waals surface area contributed by atoms with Crippen LogP contribution in [0, 0.1) is 6.92 Å². The number of hydrogen-bond acceptors (Lipinski definition) is 5. The van der Waals surface area contributed by atoms with E-state index in [0.717, 1.165) is 4.31 Å². The molecule has 1 heterocycles. The summed E-state index contributed by atoms with van der Waals surface area (Å²) >= 11 is 0. The number of aromatic nitrogens is 1. The van der Waals surface area contributed by atoms with Crippen molar-refractivity contribution in [2.45, 2.75) is 6.92 Å². The topological polar surface area (TPSA) is 99.6 Å². The van der Waals surface area contributed by atoms with E-state index in [4.69, 9.17) is 5.11 Å². The van der Waals surface area contributed by atoms with Crippen LogP contribution in [0.2, 0.25) is 0 Å². The summed E-state index contributed by atoms with van der Waals surface area (Å²) in [4.78, 5) is 15.0. The fourth-order valence-electron chi connectivity index (χ4n) is 1.37. The van der Waals surface area contributed by atoms with Crippen LogP contribution in [0.4, 0.5) is 5.82 Å². The molecular weight excluding hydrogens is 270 g/mol. The first kappa shape index (κ1) is 15.4. The van der Waals surface area contributed by atoms with Crippen LogP contribution in [0.1, 0.15) is 16.1 Å². The van der Waals surface area contributed by atoms with E-state index in [2.05, 4.69) is 10.3 Å². The van der Waals surface area contributed by atoms with Gasteiger partial charge in [-0.05, 0) is 19.1 Å². The number of nitrogens with zero attached hydrogens (tertiary/aromatic N) is 2. The van der Waals surface area contributed by atoms with Gasteiger partial charge in [0.05, 0.1) is 11.3 Å². The lowest BCUT2D eigenvalue weighted by atomic mass is 10.2. The number of carboxylic acids is 1. The van der Waals surface area contributed by atoms with Crippen LogP contribution in [0.5, 0.6) is 0 Å². The Balaban J connectivity index is 2.71. The van der Waals surface area contributed by atoms with E-state index in [0.29, 0.717) is 11.5 Å². The molecule has 7 nitrogen and oxygen atoms in total. The zero-order chi connectivity index (χ0) is 14.6. The fourth-order valence-corrected chi connectivity index (χ4v) is 2.10. The van der Waals surface area contributed by atoms with Crippen molar-refractivity contribution in [3.05, 3.63) is 23.4 Å². The van der Waals surface area contributed by atoms with Gasteiger partial charge in [0, 0.05) is 26.3 Å². The summed E-state index contributed by atoms with van der Waals surface area (Å²) in [5.41, 5.74) is 0.670. The number of nitrogens with one attached hydrogen (secondary N) is 1. The minimum atomic E-state index is -3.28. The van der Waals surface area contributed by atoms with Crippen LogP contribution in [0.15, 0.2) is 12.1 Å². The third-order valence-corrected chi connectivity index (χ3v) is 4.26. The van der Waals surface area contributed by atoms with Gasteiger partial charge >= 0.3 is 5.97 Å². The summed E-state index contributed by atoms with van der Waals surface area (Å²) in [5, 5.41) is 11.7. The van der Waals surface area contributed by atoms with Gasteiger partial charge in [0.2, 0.25) is 10.0 Å². The average Bonchev–Trinajstić information content (AvgIpc) is 2.27. The van der Waals surface area contributed by atoms with Gasteiger partial charge in [-0.3, -0.25) is 0 Å². The highest BCUT2D eigenvalue weighted by Gasteiger charge is 2.13. The van der Waals surface area contributed by atoms with E-state index in [1.54, 1.807) is 6.92 Å². The van der Waals surface area contributed by atoms with E-state index in [1.165, 1.54) is 26.2 Å². The van der Waals surface area contributed by atoms with E-state index in [1.807, 2.05) is 0 Å². The zero-order valence-corrected chi connectivity index (χ0v) is 11.9. The molecule has 0 bridgehead atoms. The van der Waals surface area contributed by atoms with Gasteiger partial charge in [-0.1, -0.05) is 0 Å². The highest BCUT2D eigenvalue weighted by molar-refractivity contribution is 7.89. The molecule has 1 rings (SSSR count). The highest BCUT2D eigenvalue weighted by atomic mass is 32.2. The smallest absolute Gasteiger partial charge is 0.335 e. The summed E-state index contributed by atoms with van der Waals surface area (Å²) in [6, 6.07) is 2.82. The van der Waals surface area contributed by atoms with Gasteiger partial charge in [-0.15, -0.1) is 0 Å². The first-order valence-corrected chi connectivity index (χ1v) is 7.19. The second-order valence-electron chi connectivity index (χ2n) is 4.21. The number of pyridine rings is 1. The second kappa shape index (κ2) is 5.98. The Morgan fingerprint density at radius 1 is 1.42 bits per heavy atom. The molecule has 2 N–H and O–H groups in total. The number of anilines is 1. The number of carboxylic acid groups (broad SMARTS) is 1. The molecule has 0 radical (unpaired) electrons. The van der Waals surface area contributed by atoms with Gasteiger partial charge in [-0.25, -0.2) is 22.5 Å². The van der Waals surface area contributed by atoms with Crippen LogP contribution >= 0.6 is 0 Å². The SMILES string of the molecule is Cc1cc(C(=O)O)cc(NCCS(=O)(=O)N(C)C)n1. The Kier molecular flexibility index (Phi) is 4.84. The van der Waals surface area contributed by atoms with E-state index in [-0.39, 0.29) is 17.9 Å². The monoisotopic (exact) mass is 287 g/mol. The lowest BCUT2D eigenvalue weighted by Crippen LogP contribution is -2.28. The van der Waals surface area contributed by atoms with Crippen LogP contribution in [-0.4, -0.2) is 55.2 Å². The van der Waals surface area contributed by atoms with Crippen molar-refractivity contribution in [2.24, 2.45) is 0 Å². The van der Waals surface area contributed by atoms with Crippen LogP contribution in [-0.2, 0) is 10.0 Å². The molecule has 0 aliphatic rings. The van der Waals surface area contributed by atoms with Crippen molar-refractivity contribution in [2.75, 3.05) is 31.7 Å². The summed E-state index contributed by atoms with van der Waals surface area (Å²) in [7, 11) is -0.356. The molecule has 106 valence electrons. The van der Waals surface area contributed by atoms with Crippen molar-refractivity contribution in [1.29, 1.82) is 0 Å². The van der Waals surface area contributed by atoms with Gasteiger partial charge in [0.15, 0.2) is 0 Å². The van der Waals surface area contributed by atoms with Crippen LogP contribution in [0.3, 0.4) is 0 Å². The molecule has 8 heteroatoms. The molecular formula is C11H17N3O4S. The normalized spacial score (nSPS) is 11.6. The number of carbonyl (C=O) groups is 1. The quantitative estimate of drug-likeness (QED) is 0.785. The van der Waals surface area contributed by atoms with Gasteiger partial charge in [0.25, 0.3) is 0 Å².